The van der Waals surface area contributed by atoms with Crippen molar-refractivity contribution in [2.45, 2.75) is 53.1 Å². The second kappa shape index (κ2) is 11.7. The lowest BCUT2D eigenvalue weighted by molar-refractivity contribution is -0.122. The SMILES string of the molecule is CCCCN1C(=O)/C(=C\c2c(C)c(C#N)c(=O)n(CCC)c2NCc2ccccc2Cl)SC1=S. The van der Waals surface area contributed by atoms with Crippen molar-refractivity contribution in [1.82, 2.24) is 9.47 Å². The second-order valence-corrected chi connectivity index (χ2v) is 10.0. The van der Waals surface area contributed by atoms with Crippen LogP contribution in [-0.2, 0) is 17.9 Å². The van der Waals surface area contributed by atoms with Gasteiger partial charge in [-0.3, -0.25) is 19.1 Å². The van der Waals surface area contributed by atoms with E-state index in [-0.39, 0.29) is 17.0 Å². The molecule has 1 saturated heterocycles. The van der Waals surface area contributed by atoms with Gasteiger partial charge >= 0.3 is 0 Å². The summed E-state index contributed by atoms with van der Waals surface area (Å²) in [4.78, 5) is 28.3. The van der Waals surface area contributed by atoms with Gasteiger partial charge in [0.15, 0.2) is 0 Å². The molecule has 0 spiro atoms. The van der Waals surface area contributed by atoms with Crippen molar-refractivity contribution in [2.75, 3.05) is 11.9 Å². The average Bonchev–Trinajstić information content (AvgIpc) is 3.08. The van der Waals surface area contributed by atoms with Crippen LogP contribution in [0.1, 0.15) is 55.4 Å². The number of benzene rings is 1. The van der Waals surface area contributed by atoms with Crippen LogP contribution in [0.3, 0.4) is 0 Å². The molecule has 1 N–H and O–H groups in total. The predicted molar refractivity (Wildman–Crippen MR) is 144 cm³/mol. The lowest BCUT2D eigenvalue weighted by Crippen LogP contribution is -2.29. The maximum Gasteiger partial charge on any atom is 0.270 e. The van der Waals surface area contributed by atoms with Crippen molar-refractivity contribution in [2.24, 2.45) is 0 Å². The highest BCUT2D eigenvalue weighted by atomic mass is 35.5. The van der Waals surface area contributed by atoms with Crippen LogP contribution >= 0.6 is 35.6 Å². The molecule has 178 valence electrons. The van der Waals surface area contributed by atoms with Crippen LogP contribution in [0.2, 0.25) is 5.02 Å². The Balaban J connectivity index is 2.14. The van der Waals surface area contributed by atoms with Crippen LogP contribution < -0.4 is 10.9 Å². The van der Waals surface area contributed by atoms with Crippen molar-refractivity contribution < 1.29 is 4.79 Å². The molecule has 1 aromatic carbocycles. The number of carbonyl (C=O) groups is 1. The highest BCUT2D eigenvalue weighted by Crippen LogP contribution is 2.35. The Hall–Kier alpha value is -2.60. The number of hydrogen-bond donors (Lipinski definition) is 1. The first-order valence-corrected chi connectivity index (χ1v) is 12.8. The molecule has 6 nitrogen and oxygen atoms in total. The Kier molecular flexibility index (Phi) is 8.95. The summed E-state index contributed by atoms with van der Waals surface area (Å²) in [5.74, 6) is 0.411. The van der Waals surface area contributed by atoms with Gasteiger partial charge in [-0.25, -0.2) is 0 Å². The fourth-order valence-electron chi connectivity index (χ4n) is 3.75. The zero-order valence-electron chi connectivity index (χ0n) is 19.5. The maximum atomic E-state index is 13.1. The van der Waals surface area contributed by atoms with Crippen molar-refractivity contribution in [3.8, 4) is 6.07 Å². The van der Waals surface area contributed by atoms with Gasteiger partial charge in [0.2, 0.25) is 0 Å². The van der Waals surface area contributed by atoms with Crippen molar-refractivity contribution >= 4 is 57.7 Å². The van der Waals surface area contributed by atoms with Crippen LogP contribution in [0.15, 0.2) is 34.0 Å². The number of nitriles is 1. The number of unbranched alkanes of at least 4 members (excludes halogenated alkanes) is 1. The van der Waals surface area contributed by atoms with Crippen LogP contribution in [0, 0.1) is 18.3 Å². The minimum absolute atomic E-state index is 0.0736. The molecule has 2 heterocycles. The molecular weight excluding hydrogens is 488 g/mol. The average molecular weight is 515 g/mol. The summed E-state index contributed by atoms with van der Waals surface area (Å²) in [5, 5.41) is 13.7. The summed E-state index contributed by atoms with van der Waals surface area (Å²) in [6.45, 7) is 7.15. The molecule has 0 bridgehead atoms. The van der Waals surface area contributed by atoms with Crippen LogP contribution in [-0.4, -0.2) is 26.2 Å². The number of carbonyl (C=O) groups excluding carboxylic acids is 1. The number of pyridine rings is 1. The molecule has 34 heavy (non-hydrogen) atoms. The lowest BCUT2D eigenvalue weighted by atomic mass is 10.0. The Bertz CT molecular complexity index is 1250. The van der Waals surface area contributed by atoms with Gasteiger partial charge < -0.3 is 5.32 Å². The van der Waals surface area contributed by atoms with Gasteiger partial charge in [-0.15, -0.1) is 0 Å². The summed E-state index contributed by atoms with van der Waals surface area (Å²) in [6, 6.07) is 9.53. The molecule has 1 amide bonds. The topological polar surface area (TPSA) is 78.1 Å². The molecule has 3 rings (SSSR count). The van der Waals surface area contributed by atoms with Crippen LogP contribution in [0.4, 0.5) is 5.82 Å². The minimum Gasteiger partial charge on any atom is -0.367 e. The Morgan fingerprint density at radius 2 is 1.94 bits per heavy atom. The number of halogens is 1. The van der Waals surface area contributed by atoms with E-state index >= 15 is 0 Å². The molecule has 2 aromatic rings. The first-order chi connectivity index (χ1) is 16.3. The minimum atomic E-state index is -0.351. The molecule has 9 heteroatoms. The Labute approximate surface area is 214 Å². The van der Waals surface area contributed by atoms with Gasteiger partial charge in [0.25, 0.3) is 11.5 Å². The first-order valence-electron chi connectivity index (χ1n) is 11.2. The Morgan fingerprint density at radius 3 is 2.59 bits per heavy atom. The molecular formula is C25H27ClN4O2S2. The van der Waals surface area contributed by atoms with Crippen molar-refractivity contribution in [3.63, 3.8) is 0 Å². The van der Waals surface area contributed by atoms with Crippen molar-refractivity contribution in [1.29, 1.82) is 5.26 Å². The van der Waals surface area contributed by atoms with Crippen LogP contribution in [0.25, 0.3) is 6.08 Å². The molecule has 0 saturated carbocycles. The molecule has 1 aromatic heterocycles. The van der Waals surface area contributed by atoms with Gasteiger partial charge in [0.1, 0.15) is 21.8 Å². The molecule has 1 aliphatic heterocycles. The van der Waals surface area contributed by atoms with Gasteiger partial charge in [-0.05, 0) is 43.0 Å². The third-order valence-corrected chi connectivity index (χ3v) is 7.36. The zero-order valence-corrected chi connectivity index (χ0v) is 21.9. The first kappa shape index (κ1) is 26.0. The summed E-state index contributed by atoms with van der Waals surface area (Å²) in [6.07, 6.45) is 4.28. The smallest absolute Gasteiger partial charge is 0.270 e. The summed E-state index contributed by atoms with van der Waals surface area (Å²) >= 11 is 13.0. The number of nitrogens with one attached hydrogen (secondary N) is 1. The molecule has 0 unspecified atom stereocenters. The van der Waals surface area contributed by atoms with E-state index in [1.807, 2.05) is 31.2 Å². The third kappa shape index (κ3) is 5.38. The quantitative estimate of drug-likeness (QED) is 0.341. The van der Waals surface area contributed by atoms with E-state index in [1.165, 1.54) is 11.8 Å². The van der Waals surface area contributed by atoms with E-state index in [0.717, 1.165) is 18.4 Å². The molecule has 0 radical (unpaired) electrons. The third-order valence-electron chi connectivity index (χ3n) is 5.61. The Morgan fingerprint density at radius 1 is 1.21 bits per heavy atom. The standard InChI is InChI=1S/C25H27ClN4O2S2/c1-4-6-12-30-24(32)21(34-25(30)33)13-18-16(3)19(14-27)23(31)29(11-5-2)22(18)28-15-17-9-7-8-10-20(17)26/h7-10,13,28H,4-6,11-12,15H2,1-3H3/b21-13+. The number of nitrogens with zero attached hydrogens (tertiary/aromatic N) is 3. The second-order valence-electron chi connectivity index (χ2n) is 7.96. The van der Waals surface area contributed by atoms with E-state index in [0.29, 0.717) is 57.2 Å². The maximum absolute atomic E-state index is 13.1. The van der Waals surface area contributed by atoms with Crippen molar-refractivity contribution in [3.05, 3.63) is 66.8 Å². The van der Waals surface area contributed by atoms with E-state index in [2.05, 4.69) is 18.3 Å². The number of thioether (sulfide) groups is 1. The van der Waals surface area contributed by atoms with Gasteiger partial charge in [-0.2, -0.15) is 5.26 Å². The molecule has 1 aliphatic rings. The fourth-order valence-corrected chi connectivity index (χ4v) is 5.24. The molecule has 1 fully saturated rings. The van der Waals surface area contributed by atoms with Crippen LogP contribution in [0.5, 0.6) is 0 Å². The van der Waals surface area contributed by atoms with E-state index in [4.69, 9.17) is 23.8 Å². The lowest BCUT2D eigenvalue weighted by Gasteiger charge is -2.20. The number of aromatic nitrogens is 1. The monoisotopic (exact) mass is 514 g/mol. The van der Waals surface area contributed by atoms with E-state index in [1.54, 1.807) is 22.5 Å². The van der Waals surface area contributed by atoms with E-state index < -0.39 is 0 Å². The highest BCUT2D eigenvalue weighted by molar-refractivity contribution is 8.26. The van der Waals surface area contributed by atoms with E-state index in [9.17, 15) is 14.9 Å². The summed E-state index contributed by atoms with van der Waals surface area (Å²) in [7, 11) is 0. The largest absolute Gasteiger partial charge is 0.367 e. The number of hydrogen-bond acceptors (Lipinski definition) is 6. The summed E-state index contributed by atoms with van der Waals surface area (Å²) < 4.78 is 2.10. The van der Waals surface area contributed by atoms with Gasteiger partial charge in [-0.1, -0.05) is 74.0 Å². The predicted octanol–water partition coefficient (Wildman–Crippen LogP) is 5.71. The highest BCUT2D eigenvalue weighted by Gasteiger charge is 2.32. The normalized spacial score (nSPS) is 14.7. The molecule has 0 atom stereocenters. The number of amides is 1. The number of thiocarbonyl (C=S) groups is 1. The number of anilines is 1. The number of rotatable bonds is 9. The zero-order chi connectivity index (χ0) is 24.8. The van der Waals surface area contributed by atoms with Gasteiger partial charge in [0.05, 0.1) is 4.91 Å². The summed E-state index contributed by atoms with van der Waals surface area (Å²) in [5.41, 5.74) is 1.76. The molecule has 0 aliphatic carbocycles. The fraction of sp³-hybridized carbons (Fsp3) is 0.360. The van der Waals surface area contributed by atoms with Gasteiger partial charge in [0, 0.05) is 30.2 Å².